The summed E-state index contributed by atoms with van der Waals surface area (Å²) in [6.45, 7) is 7.87. The molecule has 0 fully saturated rings. The van der Waals surface area contributed by atoms with Crippen molar-refractivity contribution in [2.45, 2.75) is 52.1 Å². The molecular weight excluding hydrogens is 242 g/mol. The third kappa shape index (κ3) is 5.19. The molecule has 4 heteroatoms. The highest BCUT2D eigenvalue weighted by molar-refractivity contribution is 5.30. The third-order valence-electron chi connectivity index (χ3n) is 2.87. The zero-order valence-corrected chi connectivity index (χ0v) is 12.2. The van der Waals surface area contributed by atoms with Crippen LogP contribution in [0.15, 0.2) is 24.3 Å². The number of hydrogen-bond acceptors (Lipinski definition) is 4. The van der Waals surface area contributed by atoms with Gasteiger partial charge >= 0.3 is 0 Å². The lowest BCUT2D eigenvalue weighted by molar-refractivity contribution is -0.0592. The van der Waals surface area contributed by atoms with Crippen LogP contribution in [0.5, 0.6) is 5.75 Å². The SMILES string of the molecule is CC(C)Oc1cccc(C(CN)OC(C)C(C)O)c1. The number of aliphatic hydroxyl groups excluding tert-OH is 1. The van der Waals surface area contributed by atoms with E-state index in [0.717, 1.165) is 11.3 Å². The van der Waals surface area contributed by atoms with E-state index in [2.05, 4.69) is 0 Å². The highest BCUT2D eigenvalue weighted by atomic mass is 16.5. The Morgan fingerprint density at radius 1 is 1.21 bits per heavy atom. The van der Waals surface area contributed by atoms with Crippen molar-refractivity contribution in [3.05, 3.63) is 29.8 Å². The molecule has 0 aliphatic carbocycles. The van der Waals surface area contributed by atoms with Crippen LogP contribution < -0.4 is 10.5 Å². The van der Waals surface area contributed by atoms with Gasteiger partial charge in [0.2, 0.25) is 0 Å². The van der Waals surface area contributed by atoms with E-state index in [1.165, 1.54) is 0 Å². The molecular formula is C15H25NO3. The molecule has 0 aromatic heterocycles. The maximum atomic E-state index is 9.50. The van der Waals surface area contributed by atoms with Crippen LogP contribution in [0.3, 0.4) is 0 Å². The first-order valence-electron chi connectivity index (χ1n) is 6.74. The Labute approximate surface area is 115 Å². The Morgan fingerprint density at radius 2 is 1.89 bits per heavy atom. The van der Waals surface area contributed by atoms with E-state index in [4.69, 9.17) is 15.2 Å². The van der Waals surface area contributed by atoms with Gasteiger partial charge in [0.1, 0.15) is 5.75 Å². The molecule has 0 aliphatic heterocycles. The summed E-state index contributed by atoms with van der Waals surface area (Å²) in [5.41, 5.74) is 6.72. The number of ether oxygens (including phenoxy) is 2. The van der Waals surface area contributed by atoms with Crippen LogP contribution in [0, 0.1) is 0 Å². The molecule has 0 bridgehead atoms. The second kappa shape index (κ2) is 7.48. The monoisotopic (exact) mass is 267 g/mol. The predicted octanol–water partition coefficient (Wildman–Crippen LogP) is 2.26. The fourth-order valence-electron chi connectivity index (χ4n) is 1.70. The zero-order valence-electron chi connectivity index (χ0n) is 12.2. The van der Waals surface area contributed by atoms with Crippen LogP contribution in [-0.2, 0) is 4.74 Å². The molecule has 1 aromatic carbocycles. The van der Waals surface area contributed by atoms with Gasteiger partial charge in [0.05, 0.1) is 24.4 Å². The molecule has 0 saturated heterocycles. The quantitative estimate of drug-likeness (QED) is 0.795. The summed E-state index contributed by atoms with van der Waals surface area (Å²) in [6, 6.07) is 7.73. The highest BCUT2D eigenvalue weighted by Crippen LogP contribution is 2.23. The Kier molecular flexibility index (Phi) is 6.28. The fourth-order valence-corrected chi connectivity index (χ4v) is 1.70. The molecule has 108 valence electrons. The molecule has 4 nitrogen and oxygen atoms in total. The van der Waals surface area contributed by atoms with Gasteiger partial charge in [0.25, 0.3) is 0 Å². The molecule has 3 atom stereocenters. The van der Waals surface area contributed by atoms with E-state index in [9.17, 15) is 5.11 Å². The van der Waals surface area contributed by atoms with Crippen molar-refractivity contribution in [3.8, 4) is 5.75 Å². The summed E-state index contributed by atoms with van der Waals surface area (Å²) < 4.78 is 11.4. The molecule has 1 rings (SSSR count). The summed E-state index contributed by atoms with van der Waals surface area (Å²) in [5.74, 6) is 0.805. The highest BCUT2D eigenvalue weighted by Gasteiger charge is 2.18. The minimum Gasteiger partial charge on any atom is -0.491 e. The molecule has 3 unspecified atom stereocenters. The fraction of sp³-hybridized carbons (Fsp3) is 0.600. The molecule has 0 heterocycles. The summed E-state index contributed by atoms with van der Waals surface area (Å²) in [4.78, 5) is 0. The normalized spacial score (nSPS) is 16.2. The largest absolute Gasteiger partial charge is 0.491 e. The lowest BCUT2D eigenvalue weighted by atomic mass is 10.1. The average Bonchev–Trinajstić information content (AvgIpc) is 2.34. The van der Waals surface area contributed by atoms with Gasteiger partial charge in [0.15, 0.2) is 0 Å². The molecule has 0 amide bonds. The van der Waals surface area contributed by atoms with E-state index >= 15 is 0 Å². The van der Waals surface area contributed by atoms with Gasteiger partial charge in [-0.2, -0.15) is 0 Å². The zero-order chi connectivity index (χ0) is 14.4. The molecule has 0 radical (unpaired) electrons. The third-order valence-corrected chi connectivity index (χ3v) is 2.87. The van der Waals surface area contributed by atoms with Crippen molar-refractivity contribution in [3.63, 3.8) is 0 Å². The maximum absolute atomic E-state index is 9.50. The first-order valence-corrected chi connectivity index (χ1v) is 6.74. The lowest BCUT2D eigenvalue weighted by Crippen LogP contribution is -2.28. The average molecular weight is 267 g/mol. The topological polar surface area (TPSA) is 64.7 Å². The van der Waals surface area contributed by atoms with Crippen LogP contribution in [-0.4, -0.2) is 30.0 Å². The van der Waals surface area contributed by atoms with Gasteiger partial charge < -0.3 is 20.3 Å². The van der Waals surface area contributed by atoms with E-state index in [-0.39, 0.29) is 18.3 Å². The van der Waals surface area contributed by atoms with E-state index in [1.54, 1.807) is 6.92 Å². The lowest BCUT2D eigenvalue weighted by Gasteiger charge is -2.24. The molecule has 1 aromatic rings. The number of rotatable bonds is 7. The smallest absolute Gasteiger partial charge is 0.120 e. The summed E-state index contributed by atoms with van der Waals surface area (Å²) in [5, 5.41) is 9.50. The number of hydrogen-bond donors (Lipinski definition) is 2. The number of benzene rings is 1. The Hall–Kier alpha value is -1.10. The summed E-state index contributed by atoms with van der Waals surface area (Å²) in [7, 11) is 0. The van der Waals surface area contributed by atoms with Gasteiger partial charge in [0, 0.05) is 6.54 Å². The van der Waals surface area contributed by atoms with E-state index < -0.39 is 6.10 Å². The van der Waals surface area contributed by atoms with Crippen LogP contribution in [0.4, 0.5) is 0 Å². The maximum Gasteiger partial charge on any atom is 0.120 e. The Balaban J connectivity index is 2.80. The van der Waals surface area contributed by atoms with Crippen molar-refractivity contribution in [2.75, 3.05) is 6.54 Å². The minimum atomic E-state index is -0.524. The molecule has 0 spiro atoms. The second-order valence-electron chi connectivity index (χ2n) is 5.05. The van der Waals surface area contributed by atoms with E-state index in [1.807, 2.05) is 45.0 Å². The molecule has 19 heavy (non-hydrogen) atoms. The molecule has 0 aliphatic rings. The first-order chi connectivity index (χ1) is 8.93. The Morgan fingerprint density at radius 3 is 2.42 bits per heavy atom. The molecule has 0 saturated carbocycles. The Bertz CT molecular complexity index is 379. The standard InChI is InChI=1S/C15H25NO3/c1-10(2)18-14-7-5-6-13(8-14)15(9-16)19-12(4)11(3)17/h5-8,10-12,15,17H,9,16H2,1-4H3. The molecule has 3 N–H and O–H groups in total. The number of aliphatic hydroxyl groups is 1. The van der Waals surface area contributed by atoms with Crippen molar-refractivity contribution < 1.29 is 14.6 Å². The van der Waals surface area contributed by atoms with Gasteiger partial charge in [-0.1, -0.05) is 12.1 Å². The van der Waals surface area contributed by atoms with Gasteiger partial charge in [-0.3, -0.25) is 0 Å². The van der Waals surface area contributed by atoms with Crippen LogP contribution >= 0.6 is 0 Å². The van der Waals surface area contributed by atoms with Gasteiger partial charge in [-0.15, -0.1) is 0 Å². The predicted molar refractivity (Wildman–Crippen MR) is 76.2 cm³/mol. The number of nitrogens with two attached hydrogens (primary N) is 1. The second-order valence-corrected chi connectivity index (χ2v) is 5.05. The van der Waals surface area contributed by atoms with Crippen molar-refractivity contribution in [2.24, 2.45) is 5.73 Å². The summed E-state index contributed by atoms with van der Waals surface area (Å²) in [6.07, 6.45) is -0.892. The van der Waals surface area contributed by atoms with Crippen LogP contribution in [0.25, 0.3) is 0 Å². The van der Waals surface area contributed by atoms with Gasteiger partial charge in [-0.25, -0.2) is 0 Å². The van der Waals surface area contributed by atoms with Crippen molar-refractivity contribution >= 4 is 0 Å². The van der Waals surface area contributed by atoms with Crippen molar-refractivity contribution in [1.82, 2.24) is 0 Å². The minimum absolute atomic E-state index is 0.129. The van der Waals surface area contributed by atoms with Gasteiger partial charge in [-0.05, 0) is 45.4 Å². The summed E-state index contributed by atoms with van der Waals surface area (Å²) >= 11 is 0. The van der Waals surface area contributed by atoms with Crippen molar-refractivity contribution in [1.29, 1.82) is 0 Å². The van der Waals surface area contributed by atoms with E-state index in [0.29, 0.717) is 6.54 Å². The van der Waals surface area contributed by atoms with Crippen LogP contribution in [0.1, 0.15) is 39.4 Å². The first kappa shape index (κ1) is 16.0. The van der Waals surface area contributed by atoms with Crippen LogP contribution in [0.2, 0.25) is 0 Å².